The van der Waals surface area contributed by atoms with E-state index in [-0.39, 0.29) is 6.42 Å². The molecule has 7 heteroatoms. The smallest absolute Gasteiger partial charge is 0.327 e. The van der Waals surface area contributed by atoms with Crippen molar-refractivity contribution in [1.82, 2.24) is 4.98 Å². The van der Waals surface area contributed by atoms with Crippen molar-refractivity contribution >= 4 is 33.6 Å². The van der Waals surface area contributed by atoms with Crippen molar-refractivity contribution in [3.63, 3.8) is 0 Å². The van der Waals surface area contributed by atoms with Crippen LogP contribution in [0.2, 0.25) is 0 Å². The summed E-state index contributed by atoms with van der Waals surface area (Å²) in [4.78, 5) is 32.9. The fourth-order valence-electron chi connectivity index (χ4n) is 2.30. The number of methoxy groups -OCH3 is 2. The van der Waals surface area contributed by atoms with E-state index in [9.17, 15) is 9.59 Å². The van der Waals surface area contributed by atoms with E-state index < -0.39 is 17.4 Å². The Morgan fingerprint density at radius 3 is 2.59 bits per heavy atom. The van der Waals surface area contributed by atoms with Crippen molar-refractivity contribution in [2.24, 2.45) is 10.4 Å². The average molecular weight is 367 g/mol. The minimum Gasteiger partial charge on any atom is -0.468 e. The topological polar surface area (TPSA) is 77.9 Å². The summed E-state index contributed by atoms with van der Waals surface area (Å²) in [5, 5.41) is 0.586. The van der Waals surface area contributed by atoms with Crippen LogP contribution in [-0.2, 0) is 24.4 Å². The zero-order valence-electron chi connectivity index (χ0n) is 12.2. The van der Waals surface area contributed by atoms with Gasteiger partial charge in [-0.25, -0.2) is 0 Å². The van der Waals surface area contributed by atoms with Crippen molar-refractivity contribution in [2.75, 3.05) is 14.2 Å². The third-order valence-corrected chi connectivity index (χ3v) is 4.05. The number of esters is 2. The highest BCUT2D eigenvalue weighted by molar-refractivity contribution is 9.08. The number of nitrogens with zero attached hydrogens (tertiary/aromatic N) is 2. The first-order valence-electron chi connectivity index (χ1n) is 6.50. The Kier molecular flexibility index (Phi) is 5.07. The van der Waals surface area contributed by atoms with Gasteiger partial charge in [-0.3, -0.25) is 19.6 Å². The maximum atomic E-state index is 12.2. The van der Waals surface area contributed by atoms with Gasteiger partial charge < -0.3 is 9.47 Å². The summed E-state index contributed by atoms with van der Waals surface area (Å²) in [6, 6.07) is 3.71. The predicted molar refractivity (Wildman–Crippen MR) is 83.6 cm³/mol. The second-order valence-electron chi connectivity index (χ2n) is 4.67. The molecule has 0 saturated heterocycles. The van der Waals surface area contributed by atoms with E-state index in [2.05, 4.69) is 25.9 Å². The zero-order chi connectivity index (χ0) is 16.2. The van der Waals surface area contributed by atoms with Gasteiger partial charge in [0.1, 0.15) is 0 Å². The van der Waals surface area contributed by atoms with Crippen LogP contribution in [0.5, 0.6) is 0 Å². The lowest BCUT2D eigenvalue weighted by Crippen LogP contribution is -2.42. The molecule has 0 atom stereocenters. The van der Waals surface area contributed by atoms with Gasteiger partial charge in [-0.05, 0) is 17.7 Å². The van der Waals surface area contributed by atoms with Crippen LogP contribution in [-0.4, -0.2) is 36.9 Å². The number of halogens is 1. The fourth-order valence-corrected chi connectivity index (χ4v) is 2.75. The fraction of sp³-hybridized carbons (Fsp3) is 0.333. The van der Waals surface area contributed by atoms with E-state index in [1.165, 1.54) is 26.5 Å². The van der Waals surface area contributed by atoms with Crippen LogP contribution in [0.3, 0.4) is 0 Å². The van der Waals surface area contributed by atoms with Gasteiger partial charge in [0.05, 0.1) is 25.6 Å². The summed E-state index contributed by atoms with van der Waals surface area (Å²) >= 11 is 3.39. The molecule has 2 rings (SSSR count). The average Bonchev–Trinajstić information content (AvgIpc) is 2.60. The number of hydrogen-bond acceptors (Lipinski definition) is 6. The summed E-state index contributed by atoms with van der Waals surface area (Å²) in [6.45, 7) is 0. The number of rotatable bonds is 4. The molecule has 22 heavy (non-hydrogen) atoms. The van der Waals surface area contributed by atoms with Crippen LogP contribution in [0, 0.1) is 5.41 Å². The standard InChI is InChI=1S/C15H15BrN2O4/c1-21-13(19)15(14(20)22-2)5-7-17-11(8-15)12-10(9-16)4-3-6-18-12/h3-7H,8-9H2,1-2H3. The Balaban J connectivity index is 2.46. The molecule has 0 unspecified atom stereocenters. The van der Waals surface area contributed by atoms with Crippen LogP contribution in [0.15, 0.2) is 35.6 Å². The number of alkyl halides is 1. The second kappa shape index (κ2) is 6.83. The molecule has 1 aliphatic heterocycles. The minimum atomic E-state index is -1.53. The SMILES string of the molecule is COC(=O)C1(C(=O)OC)C=CN=C(c2ncccc2CBr)C1. The van der Waals surface area contributed by atoms with Crippen molar-refractivity contribution in [1.29, 1.82) is 0 Å². The number of pyridine rings is 1. The molecule has 0 spiro atoms. The molecule has 0 saturated carbocycles. The van der Waals surface area contributed by atoms with Crippen molar-refractivity contribution in [3.8, 4) is 0 Å². The highest BCUT2D eigenvalue weighted by atomic mass is 79.9. The summed E-state index contributed by atoms with van der Waals surface area (Å²) in [5.74, 6) is -1.36. The molecular weight excluding hydrogens is 352 g/mol. The number of carbonyl (C=O) groups excluding carboxylic acids is 2. The number of aromatic nitrogens is 1. The molecular formula is C15H15BrN2O4. The predicted octanol–water partition coefficient (Wildman–Crippen LogP) is 2.02. The van der Waals surface area contributed by atoms with Crippen molar-refractivity contribution < 1.29 is 19.1 Å². The van der Waals surface area contributed by atoms with Gasteiger partial charge >= 0.3 is 11.9 Å². The van der Waals surface area contributed by atoms with Gasteiger partial charge in [-0.1, -0.05) is 22.0 Å². The van der Waals surface area contributed by atoms with E-state index in [0.29, 0.717) is 16.7 Å². The van der Waals surface area contributed by atoms with E-state index in [1.54, 1.807) is 6.20 Å². The normalized spacial score (nSPS) is 15.9. The largest absolute Gasteiger partial charge is 0.468 e. The van der Waals surface area contributed by atoms with Gasteiger partial charge in [-0.2, -0.15) is 0 Å². The first-order valence-corrected chi connectivity index (χ1v) is 7.62. The lowest BCUT2D eigenvalue weighted by Gasteiger charge is -2.27. The number of ether oxygens (including phenoxy) is 2. The van der Waals surface area contributed by atoms with Gasteiger partial charge in [0.25, 0.3) is 0 Å². The van der Waals surface area contributed by atoms with Crippen LogP contribution in [0.4, 0.5) is 0 Å². The highest BCUT2D eigenvalue weighted by Gasteiger charge is 2.48. The third-order valence-electron chi connectivity index (χ3n) is 3.44. The van der Waals surface area contributed by atoms with Crippen LogP contribution < -0.4 is 0 Å². The molecule has 0 N–H and O–H groups in total. The first-order chi connectivity index (χ1) is 10.6. The monoisotopic (exact) mass is 366 g/mol. The van der Waals surface area contributed by atoms with Crippen LogP contribution in [0.25, 0.3) is 0 Å². The lowest BCUT2D eigenvalue weighted by atomic mass is 9.80. The zero-order valence-corrected chi connectivity index (χ0v) is 13.8. The second-order valence-corrected chi connectivity index (χ2v) is 5.23. The molecule has 0 radical (unpaired) electrons. The quantitative estimate of drug-likeness (QED) is 0.462. The van der Waals surface area contributed by atoms with Gasteiger partial charge in [0, 0.05) is 24.1 Å². The highest BCUT2D eigenvalue weighted by Crippen LogP contribution is 2.33. The van der Waals surface area contributed by atoms with Crippen molar-refractivity contribution in [3.05, 3.63) is 41.9 Å². The Hall–Kier alpha value is -2.02. The molecule has 1 aromatic rings. The Morgan fingerprint density at radius 1 is 1.32 bits per heavy atom. The molecule has 0 aliphatic carbocycles. The van der Waals surface area contributed by atoms with Gasteiger partial charge in [0.15, 0.2) is 5.41 Å². The molecule has 116 valence electrons. The maximum Gasteiger partial charge on any atom is 0.327 e. The summed E-state index contributed by atoms with van der Waals surface area (Å²) < 4.78 is 9.56. The molecule has 1 aromatic heterocycles. The first kappa shape index (κ1) is 16.4. The van der Waals surface area contributed by atoms with Crippen molar-refractivity contribution in [2.45, 2.75) is 11.8 Å². The Morgan fingerprint density at radius 2 is 2.00 bits per heavy atom. The molecule has 0 aromatic carbocycles. The lowest BCUT2D eigenvalue weighted by molar-refractivity contribution is -0.164. The van der Waals surface area contributed by atoms with E-state index in [1.807, 2.05) is 12.1 Å². The molecule has 1 aliphatic rings. The Labute approximate surface area is 136 Å². The summed E-state index contributed by atoms with van der Waals surface area (Å²) in [7, 11) is 2.47. The number of aliphatic imine (C=N–C) groups is 1. The summed E-state index contributed by atoms with van der Waals surface area (Å²) in [6.07, 6.45) is 4.50. The van der Waals surface area contributed by atoms with Gasteiger partial charge in [-0.15, -0.1) is 0 Å². The van der Waals surface area contributed by atoms with Crippen LogP contribution in [0.1, 0.15) is 17.7 Å². The molecule has 2 heterocycles. The maximum absolute atomic E-state index is 12.2. The Bertz CT molecular complexity index is 639. The summed E-state index contributed by atoms with van der Waals surface area (Å²) in [5.41, 5.74) is 0.566. The van der Waals surface area contributed by atoms with E-state index in [0.717, 1.165) is 5.56 Å². The molecule has 0 fully saturated rings. The molecule has 6 nitrogen and oxygen atoms in total. The molecule has 0 bridgehead atoms. The van der Waals surface area contributed by atoms with E-state index >= 15 is 0 Å². The third kappa shape index (κ3) is 2.81. The van der Waals surface area contributed by atoms with Crippen LogP contribution >= 0.6 is 15.9 Å². The number of carbonyl (C=O) groups is 2. The van der Waals surface area contributed by atoms with Gasteiger partial charge in [0.2, 0.25) is 0 Å². The number of hydrogen-bond donors (Lipinski definition) is 0. The van der Waals surface area contributed by atoms with E-state index in [4.69, 9.17) is 9.47 Å². The molecule has 0 amide bonds. The minimum absolute atomic E-state index is 0.0415.